The van der Waals surface area contributed by atoms with E-state index < -0.39 is 0 Å². The van der Waals surface area contributed by atoms with Crippen molar-refractivity contribution in [1.82, 2.24) is 0 Å². The van der Waals surface area contributed by atoms with Crippen LogP contribution in [0.25, 0.3) is 0 Å². The second kappa shape index (κ2) is 4.06. The Morgan fingerprint density at radius 1 is 1.00 bits per heavy atom. The molecule has 0 fully saturated rings. The molecular weight excluding hydrogens is 146 g/mol. The van der Waals surface area contributed by atoms with Gasteiger partial charge in [-0.15, -0.1) is 0 Å². The van der Waals surface area contributed by atoms with E-state index in [0.29, 0.717) is 0 Å². The molecule has 0 bridgehead atoms. The highest BCUT2D eigenvalue weighted by molar-refractivity contribution is 5.27. The van der Waals surface area contributed by atoms with Crippen LogP contribution in [0.2, 0.25) is 0 Å². The summed E-state index contributed by atoms with van der Waals surface area (Å²) in [5, 5.41) is 0. The van der Waals surface area contributed by atoms with E-state index in [1.54, 1.807) is 0 Å². The van der Waals surface area contributed by atoms with E-state index in [4.69, 9.17) is 0 Å². The van der Waals surface area contributed by atoms with Crippen molar-refractivity contribution in [3.8, 4) is 0 Å². The second-order valence-corrected chi connectivity index (χ2v) is 4.13. The Hall–Kier alpha value is -0.330. The fourth-order valence-electron chi connectivity index (χ4n) is 1.97. The summed E-state index contributed by atoms with van der Waals surface area (Å²) in [6.07, 6.45) is 3.34. The maximum Gasteiger partial charge on any atom is 0.0646 e. The van der Waals surface area contributed by atoms with Crippen molar-refractivity contribution in [1.29, 1.82) is 0 Å². The van der Waals surface area contributed by atoms with Crippen molar-refractivity contribution in [2.75, 3.05) is 0 Å². The number of aliphatic imine (C=N–C) groups is 1. The lowest BCUT2D eigenvalue weighted by atomic mass is 9.68. The summed E-state index contributed by atoms with van der Waals surface area (Å²) < 4.78 is 0. The SMILES string of the molecule is C=NC(CC)(CC)C(C)(C)CC. The summed E-state index contributed by atoms with van der Waals surface area (Å²) in [4.78, 5) is 4.35. The normalized spacial score (nSPS) is 13.1. The van der Waals surface area contributed by atoms with Crippen LogP contribution in [0.15, 0.2) is 4.99 Å². The Morgan fingerprint density at radius 2 is 1.42 bits per heavy atom. The van der Waals surface area contributed by atoms with E-state index in [2.05, 4.69) is 46.3 Å². The van der Waals surface area contributed by atoms with Crippen LogP contribution in [0.3, 0.4) is 0 Å². The maximum atomic E-state index is 4.35. The van der Waals surface area contributed by atoms with Gasteiger partial charge in [0.1, 0.15) is 0 Å². The van der Waals surface area contributed by atoms with Crippen LogP contribution in [0.5, 0.6) is 0 Å². The Morgan fingerprint density at radius 3 is 1.50 bits per heavy atom. The quantitative estimate of drug-likeness (QED) is 0.557. The predicted molar refractivity (Wildman–Crippen MR) is 56.9 cm³/mol. The monoisotopic (exact) mass is 169 g/mol. The lowest BCUT2D eigenvalue weighted by Crippen LogP contribution is -2.41. The smallest absolute Gasteiger partial charge is 0.0646 e. The Balaban J connectivity index is 4.81. The van der Waals surface area contributed by atoms with Crippen LogP contribution < -0.4 is 0 Å². The van der Waals surface area contributed by atoms with Gasteiger partial charge in [-0.2, -0.15) is 0 Å². The van der Waals surface area contributed by atoms with E-state index in [1.165, 1.54) is 0 Å². The molecule has 0 unspecified atom stereocenters. The number of hydrogen-bond donors (Lipinski definition) is 0. The van der Waals surface area contributed by atoms with Crippen molar-refractivity contribution in [2.24, 2.45) is 10.4 Å². The van der Waals surface area contributed by atoms with Gasteiger partial charge in [-0.05, 0) is 31.4 Å². The summed E-state index contributed by atoms with van der Waals surface area (Å²) in [6.45, 7) is 14.9. The zero-order valence-corrected chi connectivity index (χ0v) is 9.28. The average molecular weight is 169 g/mol. The molecule has 0 saturated heterocycles. The molecule has 1 heteroatoms. The van der Waals surface area contributed by atoms with Gasteiger partial charge >= 0.3 is 0 Å². The molecule has 0 aliphatic heterocycles. The van der Waals surface area contributed by atoms with Crippen molar-refractivity contribution in [3.63, 3.8) is 0 Å². The van der Waals surface area contributed by atoms with Crippen LogP contribution in [0.4, 0.5) is 0 Å². The summed E-state index contributed by atoms with van der Waals surface area (Å²) in [6, 6.07) is 0. The van der Waals surface area contributed by atoms with Gasteiger partial charge in [0.2, 0.25) is 0 Å². The minimum absolute atomic E-state index is 0.0851. The van der Waals surface area contributed by atoms with Crippen molar-refractivity contribution in [2.45, 2.75) is 59.4 Å². The number of nitrogens with zero attached hydrogens (tertiary/aromatic N) is 1. The molecule has 0 aliphatic carbocycles. The fraction of sp³-hybridized carbons (Fsp3) is 0.909. The molecule has 0 rings (SSSR count). The third kappa shape index (κ3) is 1.70. The van der Waals surface area contributed by atoms with Crippen molar-refractivity contribution >= 4 is 6.72 Å². The van der Waals surface area contributed by atoms with E-state index >= 15 is 0 Å². The minimum atomic E-state index is 0.0851. The summed E-state index contributed by atoms with van der Waals surface area (Å²) >= 11 is 0. The summed E-state index contributed by atoms with van der Waals surface area (Å²) in [5.74, 6) is 0. The van der Waals surface area contributed by atoms with Gasteiger partial charge in [0, 0.05) is 0 Å². The van der Waals surface area contributed by atoms with E-state index in [9.17, 15) is 0 Å². The molecule has 0 radical (unpaired) electrons. The zero-order chi connectivity index (χ0) is 9.83. The standard InChI is InChI=1S/C11H23N/c1-7-10(4,5)11(8-2,9-3)12-6/h6-9H2,1-5H3. The predicted octanol–water partition coefficient (Wildman–Crippen LogP) is 3.68. The first-order valence-electron chi connectivity index (χ1n) is 4.97. The van der Waals surface area contributed by atoms with Crippen LogP contribution in [-0.4, -0.2) is 12.3 Å². The largest absolute Gasteiger partial charge is 0.294 e. The molecule has 0 aromatic carbocycles. The first-order chi connectivity index (χ1) is 5.49. The molecule has 0 aliphatic rings. The van der Waals surface area contributed by atoms with Gasteiger partial charge in [0.05, 0.1) is 5.54 Å². The van der Waals surface area contributed by atoms with Crippen LogP contribution in [-0.2, 0) is 0 Å². The topological polar surface area (TPSA) is 12.4 Å². The Labute approximate surface area is 77.3 Å². The summed E-state index contributed by atoms with van der Waals surface area (Å²) in [5.41, 5.74) is 0.361. The molecule has 0 aromatic heterocycles. The van der Waals surface area contributed by atoms with E-state index in [0.717, 1.165) is 19.3 Å². The minimum Gasteiger partial charge on any atom is -0.294 e. The third-order valence-corrected chi connectivity index (χ3v) is 3.62. The van der Waals surface area contributed by atoms with E-state index in [-0.39, 0.29) is 11.0 Å². The lowest BCUT2D eigenvalue weighted by molar-refractivity contribution is 0.149. The molecule has 0 atom stereocenters. The van der Waals surface area contributed by atoms with Gasteiger partial charge in [0.25, 0.3) is 0 Å². The molecular formula is C11H23N. The Kier molecular flexibility index (Phi) is 3.95. The highest BCUT2D eigenvalue weighted by Gasteiger charge is 2.39. The number of rotatable bonds is 5. The molecule has 0 amide bonds. The van der Waals surface area contributed by atoms with Gasteiger partial charge in [-0.25, -0.2) is 0 Å². The van der Waals surface area contributed by atoms with Gasteiger partial charge in [-0.3, -0.25) is 4.99 Å². The van der Waals surface area contributed by atoms with Crippen molar-refractivity contribution < 1.29 is 0 Å². The van der Waals surface area contributed by atoms with Gasteiger partial charge < -0.3 is 0 Å². The second-order valence-electron chi connectivity index (χ2n) is 4.13. The third-order valence-electron chi connectivity index (χ3n) is 3.62. The first-order valence-corrected chi connectivity index (χ1v) is 4.97. The fourth-order valence-corrected chi connectivity index (χ4v) is 1.97. The molecule has 0 saturated carbocycles. The highest BCUT2D eigenvalue weighted by Crippen LogP contribution is 2.41. The molecule has 1 nitrogen and oxygen atoms in total. The zero-order valence-electron chi connectivity index (χ0n) is 9.28. The van der Waals surface area contributed by atoms with Gasteiger partial charge in [0.15, 0.2) is 0 Å². The van der Waals surface area contributed by atoms with Crippen LogP contribution in [0, 0.1) is 5.41 Å². The van der Waals surface area contributed by atoms with Crippen molar-refractivity contribution in [3.05, 3.63) is 0 Å². The first kappa shape index (κ1) is 11.7. The average Bonchev–Trinajstić information content (AvgIpc) is 2.08. The van der Waals surface area contributed by atoms with Crippen LogP contribution >= 0.6 is 0 Å². The molecule has 72 valence electrons. The highest BCUT2D eigenvalue weighted by atomic mass is 14.9. The molecule has 0 N–H and O–H groups in total. The maximum absolute atomic E-state index is 4.35. The molecule has 0 heterocycles. The molecule has 12 heavy (non-hydrogen) atoms. The van der Waals surface area contributed by atoms with Gasteiger partial charge in [-0.1, -0.05) is 34.6 Å². The number of hydrogen-bond acceptors (Lipinski definition) is 1. The molecule has 0 aromatic rings. The summed E-state index contributed by atoms with van der Waals surface area (Å²) in [7, 11) is 0. The molecule has 0 spiro atoms. The van der Waals surface area contributed by atoms with E-state index in [1.807, 2.05) is 0 Å². The Bertz CT molecular complexity index is 143. The van der Waals surface area contributed by atoms with Crippen LogP contribution in [0.1, 0.15) is 53.9 Å². The lowest BCUT2D eigenvalue weighted by Gasteiger charge is -2.42.